The van der Waals surface area contributed by atoms with E-state index >= 15 is 0 Å². The van der Waals surface area contributed by atoms with E-state index in [-0.39, 0.29) is 0 Å². The lowest BCUT2D eigenvalue weighted by molar-refractivity contribution is -0.149. The van der Waals surface area contributed by atoms with Crippen LogP contribution in [0.3, 0.4) is 0 Å². The number of carbonyl (C=O) groups is 2. The normalized spacial score (nSPS) is 21.7. The molecular weight excluding hydrogens is 486 g/mol. The van der Waals surface area contributed by atoms with Crippen molar-refractivity contribution in [1.29, 1.82) is 0 Å². The van der Waals surface area contributed by atoms with Crippen molar-refractivity contribution in [2.45, 2.75) is 25.4 Å². The van der Waals surface area contributed by atoms with Gasteiger partial charge in [0.2, 0.25) is 0 Å². The van der Waals surface area contributed by atoms with Gasteiger partial charge >= 0.3 is 11.9 Å². The predicted molar refractivity (Wildman–Crippen MR) is 137 cm³/mol. The third kappa shape index (κ3) is 4.90. The van der Waals surface area contributed by atoms with Crippen molar-refractivity contribution in [3.63, 3.8) is 0 Å². The number of allylic oxidation sites excluding steroid dienone is 1. The second kappa shape index (κ2) is 10.1. The monoisotopic (exact) mass is 511 g/mol. The summed E-state index contributed by atoms with van der Waals surface area (Å²) in [4.78, 5) is 30.9. The van der Waals surface area contributed by atoms with Crippen molar-refractivity contribution < 1.29 is 19.1 Å². The molecular formula is C26H26ClN3O4S. The van der Waals surface area contributed by atoms with Crippen LogP contribution in [0.2, 0.25) is 5.02 Å². The highest BCUT2D eigenvalue weighted by Gasteiger charge is 2.52. The van der Waals surface area contributed by atoms with Crippen LogP contribution in [0, 0.1) is 5.92 Å². The molecule has 0 aliphatic carbocycles. The predicted octanol–water partition coefficient (Wildman–Crippen LogP) is 5.21. The minimum absolute atomic E-state index is 0.382. The molecule has 4 rings (SSSR count). The first-order valence-corrected chi connectivity index (χ1v) is 12.2. The third-order valence-electron chi connectivity index (χ3n) is 6.13. The van der Waals surface area contributed by atoms with Crippen molar-refractivity contribution in [2.75, 3.05) is 19.5 Å². The molecule has 1 aliphatic heterocycles. The third-order valence-corrected chi connectivity index (χ3v) is 7.12. The summed E-state index contributed by atoms with van der Waals surface area (Å²) < 4.78 is 10.3. The fraction of sp³-hybridized carbons (Fsp3) is 0.269. The van der Waals surface area contributed by atoms with Crippen LogP contribution in [0.25, 0.3) is 11.3 Å². The molecule has 0 spiro atoms. The van der Waals surface area contributed by atoms with Crippen molar-refractivity contribution in [3.05, 3.63) is 81.8 Å². The van der Waals surface area contributed by atoms with Gasteiger partial charge in [0.1, 0.15) is 11.6 Å². The number of rotatable bonds is 6. The van der Waals surface area contributed by atoms with Gasteiger partial charge in [-0.3, -0.25) is 4.79 Å². The second-order valence-electron chi connectivity index (χ2n) is 8.42. The highest BCUT2D eigenvalue weighted by Crippen LogP contribution is 2.45. The molecule has 0 bridgehead atoms. The lowest BCUT2D eigenvalue weighted by atomic mass is 9.71. The Labute approximate surface area is 213 Å². The Morgan fingerprint density at radius 3 is 2.51 bits per heavy atom. The molecule has 0 saturated carbocycles. The molecule has 9 heteroatoms. The quantitative estimate of drug-likeness (QED) is 0.439. The number of halogens is 1. The minimum Gasteiger partial charge on any atom is -0.469 e. The minimum atomic E-state index is -1.03. The number of aromatic nitrogens is 1. The van der Waals surface area contributed by atoms with Gasteiger partial charge < -0.3 is 20.1 Å². The Balaban J connectivity index is 1.79. The van der Waals surface area contributed by atoms with Crippen LogP contribution in [0.4, 0.5) is 5.13 Å². The molecule has 1 aliphatic rings. The molecule has 0 amide bonds. The summed E-state index contributed by atoms with van der Waals surface area (Å²) in [6, 6.07) is 16.9. The first-order valence-electron chi connectivity index (χ1n) is 11.0. The Morgan fingerprint density at radius 2 is 1.86 bits per heavy atom. The first-order chi connectivity index (χ1) is 16.8. The van der Waals surface area contributed by atoms with Crippen LogP contribution in [0.15, 0.2) is 71.2 Å². The first kappa shape index (κ1) is 24.8. The van der Waals surface area contributed by atoms with E-state index in [4.69, 9.17) is 26.1 Å². The number of hydrogen-bond acceptors (Lipinski definition) is 8. The van der Waals surface area contributed by atoms with Crippen LogP contribution in [0.5, 0.6) is 0 Å². The molecule has 3 unspecified atom stereocenters. The van der Waals surface area contributed by atoms with E-state index in [9.17, 15) is 9.59 Å². The molecule has 0 radical (unpaired) electrons. The summed E-state index contributed by atoms with van der Waals surface area (Å²) in [5, 5.41) is 9.90. The topological polar surface area (TPSA) is 89.5 Å². The van der Waals surface area contributed by atoms with Gasteiger partial charge in [-0.1, -0.05) is 54.1 Å². The largest absolute Gasteiger partial charge is 0.469 e. The number of hydrogen-bond donors (Lipinski definition) is 2. The highest BCUT2D eigenvalue weighted by molar-refractivity contribution is 7.14. The summed E-state index contributed by atoms with van der Waals surface area (Å²) in [6.45, 7) is 3.66. The van der Waals surface area contributed by atoms with E-state index in [1.54, 1.807) is 6.92 Å². The van der Waals surface area contributed by atoms with Crippen LogP contribution in [-0.2, 0) is 19.1 Å². The number of methoxy groups -OCH3 is 2. The number of anilines is 1. The Morgan fingerprint density at radius 1 is 1.11 bits per heavy atom. The number of thiazole rings is 1. The van der Waals surface area contributed by atoms with Crippen molar-refractivity contribution in [2.24, 2.45) is 5.92 Å². The number of benzene rings is 2. The van der Waals surface area contributed by atoms with Gasteiger partial charge in [0.15, 0.2) is 5.13 Å². The molecule has 2 aromatic carbocycles. The number of nitrogens with one attached hydrogen (secondary N) is 2. The maximum Gasteiger partial charge on any atom is 0.336 e. The molecule has 3 atom stereocenters. The zero-order chi connectivity index (χ0) is 25.2. The average Bonchev–Trinajstić information content (AvgIpc) is 3.31. The fourth-order valence-electron chi connectivity index (χ4n) is 4.62. The Kier molecular flexibility index (Phi) is 7.14. The van der Waals surface area contributed by atoms with Gasteiger partial charge in [0.25, 0.3) is 0 Å². The lowest BCUT2D eigenvalue weighted by Gasteiger charge is -2.46. The van der Waals surface area contributed by atoms with Gasteiger partial charge in [-0.05, 0) is 31.5 Å². The molecule has 2 heterocycles. The molecule has 1 aromatic heterocycles. The SMILES string of the molecule is COC(=O)C1=C(C)NC(C)(Nc2nc(-c3cccc(Cl)c3)cs2)C(C(=O)OC)C1c1ccccc1. The van der Waals surface area contributed by atoms with E-state index in [0.29, 0.717) is 21.4 Å². The number of esters is 2. The van der Waals surface area contributed by atoms with Gasteiger partial charge in [0.05, 0.1) is 25.5 Å². The van der Waals surface area contributed by atoms with Gasteiger partial charge in [-0.2, -0.15) is 0 Å². The molecule has 3 aromatic rings. The van der Waals surface area contributed by atoms with Gasteiger partial charge in [0, 0.05) is 27.6 Å². The fourth-order valence-corrected chi connectivity index (χ4v) is 5.64. The smallest absolute Gasteiger partial charge is 0.336 e. The molecule has 7 nitrogen and oxygen atoms in total. The molecule has 0 saturated heterocycles. The Hall–Kier alpha value is -3.36. The van der Waals surface area contributed by atoms with Crippen molar-refractivity contribution in [1.82, 2.24) is 10.3 Å². The Bertz CT molecular complexity index is 1280. The van der Waals surface area contributed by atoms with Crippen LogP contribution in [-0.4, -0.2) is 36.8 Å². The second-order valence-corrected chi connectivity index (χ2v) is 9.71. The molecule has 182 valence electrons. The summed E-state index contributed by atoms with van der Waals surface area (Å²) in [5.41, 5.74) is 2.41. The summed E-state index contributed by atoms with van der Waals surface area (Å²) in [7, 11) is 2.67. The number of carbonyl (C=O) groups excluding carboxylic acids is 2. The van der Waals surface area contributed by atoms with Crippen LogP contribution < -0.4 is 10.6 Å². The number of nitrogens with zero attached hydrogens (tertiary/aromatic N) is 1. The standard InChI is InChI=1S/C26H26ClN3O4S/c1-15-20(23(31)33-3)21(16-9-6-5-7-10-16)22(24(32)34-4)26(2,29-15)30-25-28-19(14-35-25)17-11-8-12-18(27)13-17/h5-14,21-22,29H,1-4H3,(H,28,30). The van der Waals surface area contributed by atoms with E-state index in [1.807, 2.05) is 66.9 Å². The molecule has 0 fully saturated rings. The van der Waals surface area contributed by atoms with E-state index in [0.717, 1.165) is 16.8 Å². The van der Waals surface area contributed by atoms with Crippen LogP contribution >= 0.6 is 22.9 Å². The summed E-state index contributed by atoms with van der Waals surface area (Å²) >= 11 is 7.56. The lowest BCUT2D eigenvalue weighted by Crippen LogP contribution is -2.62. The molecule has 2 N–H and O–H groups in total. The highest BCUT2D eigenvalue weighted by atomic mass is 35.5. The maximum absolute atomic E-state index is 13.3. The van der Waals surface area contributed by atoms with Crippen molar-refractivity contribution in [3.8, 4) is 11.3 Å². The van der Waals surface area contributed by atoms with Crippen molar-refractivity contribution >= 4 is 40.0 Å². The van der Waals surface area contributed by atoms with Crippen LogP contribution in [0.1, 0.15) is 25.3 Å². The number of ether oxygens (including phenoxy) is 2. The zero-order valence-electron chi connectivity index (χ0n) is 19.8. The van der Waals surface area contributed by atoms with E-state index < -0.39 is 29.4 Å². The van der Waals surface area contributed by atoms with E-state index in [2.05, 4.69) is 10.6 Å². The average molecular weight is 512 g/mol. The summed E-state index contributed by atoms with van der Waals surface area (Å²) in [5.74, 6) is -2.40. The van der Waals surface area contributed by atoms with Gasteiger partial charge in [-0.25, -0.2) is 9.78 Å². The zero-order valence-corrected chi connectivity index (χ0v) is 21.4. The van der Waals surface area contributed by atoms with Gasteiger partial charge in [-0.15, -0.1) is 11.3 Å². The molecule has 35 heavy (non-hydrogen) atoms. The van der Waals surface area contributed by atoms with E-state index in [1.165, 1.54) is 25.6 Å². The summed E-state index contributed by atoms with van der Waals surface area (Å²) in [6.07, 6.45) is 0. The maximum atomic E-state index is 13.3.